The second-order valence-electron chi connectivity index (χ2n) is 9.64. The van der Waals surface area contributed by atoms with E-state index in [0.29, 0.717) is 22.0 Å². The molecule has 2 unspecified atom stereocenters. The fourth-order valence-electron chi connectivity index (χ4n) is 4.92. The number of rotatable bonds is 6. The molecule has 2 aromatic rings. The molecule has 0 aromatic heterocycles. The molecule has 32 heavy (non-hydrogen) atoms. The molecule has 2 nitrogen and oxygen atoms in total. The molecule has 0 radical (unpaired) electrons. The molecule has 1 saturated carbocycles. The molecule has 2 N–H and O–H groups in total. The zero-order valence-electron chi connectivity index (χ0n) is 21.1. The van der Waals surface area contributed by atoms with Gasteiger partial charge in [0.05, 0.1) is 0 Å². The van der Waals surface area contributed by atoms with E-state index in [0.717, 1.165) is 33.8 Å². The summed E-state index contributed by atoms with van der Waals surface area (Å²) in [6.45, 7) is 16.9. The number of aromatic hydroxyl groups is 2. The summed E-state index contributed by atoms with van der Waals surface area (Å²) in [4.78, 5) is 0. The summed E-state index contributed by atoms with van der Waals surface area (Å²) in [5.41, 5.74) is 11.8. The van der Waals surface area contributed by atoms with Crippen LogP contribution in [0.4, 0.5) is 0 Å². The highest BCUT2D eigenvalue weighted by atomic mass is 32.2. The molecule has 3 rings (SSSR count). The van der Waals surface area contributed by atoms with E-state index >= 15 is 0 Å². The Morgan fingerprint density at radius 2 is 0.844 bits per heavy atom. The second-order valence-corrected chi connectivity index (χ2v) is 12.1. The van der Waals surface area contributed by atoms with Gasteiger partial charge in [0.1, 0.15) is 11.5 Å². The SMILES string of the molecule is Cc1c(C)c(C)c(CSC2CCCCC2SCc2c(C)c(C)c(C)c(C)c2O)c(O)c1C. The molecule has 0 heterocycles. The maximum absolute atomic E-state index is 10.8. The molecule has 0 aliphatic heterocycles. The highest BCUT2D eigenvalue weighted by Gasteiger charge is 2.28. The maximum atomic E-state index is 10.8. The van der Waals surface area contributed by atoms with Crippen LogP contribution in [-0.2, 0) is 11.5 Å². The number of phenolic OH excluding ortho intramolecular Hbond substituents is 2. The van der Waals surface area contributed by atoms with Crippen molar-refractivity contribution in [1.82, 2.24) is 0 Å². The van der Waals surface area contributed by atoms with Gasteiger partial charge in [-0.2, -0.15) is 23.5 Å². The van der Waals surface area contributed by atoms with Gasteiger partial charge in [0.2, 0.25) is 0 Å². The third-order valence-corrected chi connectivity index (χ3v) is 11.2. The van der Waals surface area contributed by atoms with Crippen LogP contribution in [0.2, 0.25) is 0 Å². The van der Waals surface area contributed by atoms with Crippen LogP contribution in [0.25, 0.3) is 0 Å². The van der Waals surface area contributed by atoms with Gasteiger partial charge in [-0.05, 0) is 113 Å². The first kappa shape index (κ1) is 25.4. The third kappa shape index (κ3) is 4.82. The quantitative estimate of drug-likeness (QED) is 0.446. The fraction of sp³-hybridized carbons (Fsp3) is 0.571. The monoisotopic (exact) mass is 472 g/mol. The Bertz CT molecular complexity index is 870. The van der Waals surface area contributed by atoms with Gasteiger partial charge in [-0.25, -0.2) is 0 Å². The third-order valence-electron chi connectivity index (χ3n) is 8.09. The summed E-state index contributed by atoms with van der Waals surface area (Å²) in [7, 11) is 0. The van der Waals surface area contributed by atoms with Gasteiger partial charge in [-0.3, -0.25) is 0 Å². The zero-order valence-corrected chi connectivity index (χ0v) is 22.7. The van der Waals surface area contributed by atoms with Crippen molar-refractivity contribution in [3.8, 4) is 11.5 Å². The van der Waals surface area contributed by atoms with Crippen LogP contribution in [0.3, 0.4) is 0 Å². The standard InChI is InChI=1S/C28H40O2S2/c1-15-17(3)21(7)27(29)23(19(15)5)13-31-25-11-9-10-12-26(25)32-14-24-20(6)16(2)18(4)22(8)28(24)30/h25-26,29-30H,9-14H2,1-8H3. The summed E-state index contributed by atoms with van der Waals surface area (Å²) in [6, 6.07) is 0. The van der Waals surface area contributed by atoms with Gasteiger partial charge < -0.3 is 10.2 Å². The molecule has 1 aliphatic rings. The van der Waals surface area contributed by atoms with Crippen LogP contribution in [-0.4, -0.2) is 20.7 Å². The zero-order chi connectivity index (χ0) is 23.7. The van der Waals surface area contributed by atoms with Gasteiger partial charge in [0.15, 0.2) is 0 Å². The van der Waals surface area contributed by atoms with Crippen LogP contribution in [0.5, 0.6) is 11.5 Å². The van der Waals surface area contributed by atoms with Crippen molar-refractivity contribution in [2.75, 3.05) is 0 Å². The van der Waals surface area contributed by atoms with Gasteiger partial charge in [0, 0.05) is 33.1 Å². The average Bonchev–Trinajstić information content (AvgIpc) is 2.79. The van der Waals surface area contributed by atoms with Crippen LogP contribution >= 0.6 is 23.5 Å². The Labute approximate surface area is 203 Å². The van der Waals surface area contributed by atoms with E-state index in [1.807, 2.05) is 37.4 Å². The minimum atomic E-state index is 0.490. The lowest BCUT2D eigenvalue weighted by molar-refractivity contribution is 0.464. The Morgan fingerprint density at radius 3 is 1.19 bits per heavy atom. The summed E-state index contributed by atoms with van der Waals surface area (Å²) in [6.07, 6.45) is 5.06. The van der Waals surface area contributed by atoms with Gasteiger partial charge in [0.25, 0.3) is 0 Å². The predicted octanol–water partition coefficient (Wildman–Crippen LogP) is 8.04. The van der Waals surface area contributed by atoms with Crippen LogP contribution in [0.1, 0.15) is 81.3 Å². The highest BCUT2D eigenvalue weighted by Crippen LogP contribution is 2.43. The first-order valence-corrected chi connectivity index (χ1v) is 14.0. The molecule has 0 saturated heterocycles. The summed E-state index contributed by atoms with van der Waals surface area (Å²) in [5.74, 6) is 2.72. The van der Waals surface area contributed by atoms with E-state index < -0.39 is 0 Å². The Hall–Kier alpha value is -1.26. The van der Waals surface area contributed by atoms with E-state index in [1.165, 1.54) is 59.1 Å². The smallest absolute Gasteiger partial charge is 0.123 e. The second kappa shape index (κ2) is 10.3. The number of phenols is 2. The van der Waals surface area contributed by atoms with E-state index in [9.17, 15) is 10.2 Å². The predicted molar refractivity (Wildman–Crippen MR) is 143 cm³/mol. The van der Waals surface area contributed by atoms with Gasteiger partial charge in [-0.1, -0.05) is 12.8 Å². The minimum absolute atomic E-state index is 0.490. The van der Waals surface area contributed by atoms with Crippen molar-refractivity contribution in [2.45, 2.75) is 103 Å². The van der Waals surface area contributed by atoms with Gasteiger partial charge >= 0.3 is 0 Å². The average molecular weight is 473 g/mol. The highest BCUT2D eigenvalue weighted by molar-refractivity contribution is 8.03. The lowest BCUT2D eigenvalue weighted by Crippen LogP contribution is -2.25. The minimum Gasteiger partial charge on any atom is -0.507 e. The molecule has 0 bridgehead atoms. The Kier molecular flexibility index (Phi) is 8.20. The van der Waals surface area contributed by atoms with Gasteiger partial charge in [-0.15, -0.1) is 0 Å². The summed E-state index contributed by atoms with van der Waals surface area (Å²) < 4.78 is 0. The fourth-order valence-corrected chi connectivity index (χ4v) is 8.23. The van der Waals surface area contributed by atoms with E-state index in [2.05, 4.69) is 41.5 Å². The van der Waals surface area contributed by atoms with Crippen molar-refractivity contribution >= 4 is 23.5 Å². The molecule has 2 atom stereocenters. The largest absolute Gasteiger partial charge is 0.507 e. The van der Waals surface area contributed by atoms with Crippen LogP contribution < -0.4 is 0 Å². The normalized spacial score (nSPS) is 18.9. The van der Waals surface area contributed by atoms with E-state index in [-0.39, 0.29) is 0 Å². The van der Waals surface area contributed by atoms with Crippen molar-refractivity contribution < 1.29 is 10.2 Å². The molecule has 0 amide bonds. The number of thioether (sulfide) groups is 2. The first-order chi connectivity index (χ1) is 15.1. The van der Waals surface area contributed by atoms with E-state index in [1.54, 1.807) is 0 Å². The summed E-state index contributed by atoms with van der Waals surface area (Å²) in [5, 5.41) is 22.8. The van der Waals surface area contributed by atoms with Crippen molar-refractivity contribution in [1.29, 1.82) is 0 Å². The van der Waals surface area contributed by atoms with Crippen molar-refractivity contribution in [2.24, 2.45) is 0 Å². The molecule has 176 valence electrons. The number of hydrogen-bond donors (Lipinski definition) is 2. The summed E-state index contributed by atoms with van der Waals surface area (Å²) >= 11 is 4.04. The van der Waals surface area contributed by atoms with E-state index in [4.69, 9.17) is 0 Å². The lowest BCUT2D eigenvalue weighted by Gasteiger charge is -2.31. The number of hydrogen-bond acceptors (Lipinski definition) is 4. The Balaban J connectivity index is 1.75. The molecular formula is C28H40O2S2. The molecule has 2 aromatic carbocycles. The Morgan fingerprint density at radius 1 is 0.531 bits per heavy atom. The number of benzene rings is 2. The molecule has 0 spiro atoms. The van der Waals surface area contributed by atoms with Crippen LogP contribution in [0.15, 0.2) is 0 Å². The topological polar surface area (TPSA) is 40.5 Å². The van der Waals surface area contributed by atoms with Crippen LogP contribution in [0, 0.1) is 55.4 Å². The van der Waals surface area contributed by atoms with Crippen molar-refractivity contribution in [3.05, 3.63) is 55.6 Å². The first-order valence-electron chi connectivity index (χ1n) is 11.9. The lowest BCUT2D eigenvalue weighted by atomic mass is 9.94. The molecule has 4 heteroatoms. The maximum Gasteiger partial charge on any atom is 0.123 e. The van der Waals surface area contributed by atoms with Crippen molar-refractivity contribution in [3.63, 3.8) is 0 Å². The molecular weight excluding hydrogens is 432 g/mol. The molecule has 1 aliphatic carbocycles. The molecule has 1 fully saturated rings.